The topological polar surface area (TPSA) is 165 Å². The van der Waals surface area contributed by atoms with E-state index in [1.165, 1.54) is 12.2 Å². The van der Waals surface area contributed by atoms with Crippen LogP contribution in [0.1, 0.15) is 68.1 Å². The zero-order valence-corrected chi connectivity index (χ0v) is 33.6. The van der Waals surface area contributed by atoms with E-state index in [4.69, 9.17) is 28.4 Å². The first-order valence-corrected chi connectivity index (χ1v) is 19.9. The molecule has 5 aromatic rings. The highest BCUT2D eigenvalue weighted by molar-refractivity contribution is 5.81. The molecule has 13 nitrogen and oxygen atoms in total. The van der Waals surface area contributed by atoms with Gasteiger partial charge in [0.15, 0.2) is 34.6 Å². The number of hydrogen-bond acceptors (Lipinski definition) is 13. The smallest absolute Gasteiger partial charge is 0.330 e. The van der Waals surface area contributed by atoms with Crippen LogP contribution < -0.4 is 18.9 Å². The van der Waals surface area contributed by atoms with E-state index in [9.17, 15) is 14.9 Å². The molecule has 0 aliphatic rings. The summed E-state index contributed by atoms with van der Waals surface area (Å²) in [6, 6.07) is 22.8. The largest absolute Gasteiger partial charge is 0.490 e. The lowest BCUT2D eigenvalue weighted by Gasteiger charge is -2.14. The minimum Gasteiger partial charge on any atom is -0.490 e. The number of nitriles is 1. The molecule has 0 atom stereocenters. The molecule has 0 radical (unpaired) electrons. The highest BCUT2D eigenvalue weighted by atomic mass is 16.5. The maximum Gasteiger partial charge on any atom is 0.330 e. The summed E-state index contributed by atoms with van der Waals surface area (Å²) in [7, 11) is 0. The third-order valence-electron chi connectivity index (χ3n) is 8.98. The van der Waals surface area contributed by atoms with E-state index in [0.29, 0.717) is 66.6 Å². The van der Waals surface area contributed by atoms with Crippen molar-refractivity contribution in [3.05, 3.63) is 134 Å². The van der Waals surface area contributed by atoms with E-state index in [1.807, 2.05) is 48.5 Å². The molecule has 60 heavy (non-hydrogen) atoms. The molecule has 3 aromatic carbocycles. The minimum atomic E-state index is -0.394. The Bertz CT molecular complexity index is 2150. The summed E-state index contributed by atoms with van der Waals surface area (Å²) >= 11 is 0. The number of benzene rings is 3. The van der Waals surface area contributed by atoms with E-state index in [-0.39, 0.29) is 13.2 Å². The molecular weight excluding hydrogens is 763 g/mol. The van der Waals surface area contributed by atoms with Gasteiger partial charge in [-0.3, -0.25) is 0 Å². The quantitative estimate of drug-likeness (QED) is 0.0295. The Morgan fingerprint density at radius 3 is 1.37 bits per heavy atom. The Labute approximate surface area is 350 Å². The Morgan fingerprint density at radius 2 is 0.950 bits per heavy atom. The Balaban J connectivity index is 1.04. The molecule has 0 N–H and O–H groups in total. The summed E-state index contributed by atoms with van der Waals surface area (Å²) in [5.74, 6) is 2.56. The van der Waals surface area contributed by atoms with Crippen LogP contribution in [0.5, 0.6) is 23.0 Å². The lowest BCUT2D eigenvalue weighted by molar-refractivity contribution is -0.138. The van der Waals surface area contributed by atoms with Crippen molar-refractivity contribution in [1.29, 1.82) is 5.26 Å². The molecule has 0 saturated heterocycles. The van der Waals surface area contributed by atoms with Crippen LogP contribution in [-0.2, 0) is 32.3 Å². The van der Waals surface area contributed by atoms with E-state index in [0.717, 1.165) is 73.6 Å². The number of unbranched alkanes of at least 4 members (excludes halogenated alkanes) is 6. The van der Waals surface area contributed by atoms with Crippen molar-refractivity contribution in [3.8, 4) is 51.8 Å². The van der Waals surface area contributed by atoms with Gasteiger partial charge in [0.25, 0.3) is 0 Å². The SMILES string of the molecule is C=CC(=O)OCCCCCCOc1cnc(-c2ccc(COc3ccc(C#N)cc3OCc3ccc(-c4ncc(OCCCCCCOC(=O)C=C)cn4)cc3)cc2)nc1. The van der Waals surface area contributed by atoms with Crippen molar-refractivity contribution in [3.63, 3.8) is 0 Å². The predicted molar refractivity (Wildman–Crippen MR) is 225 cm³/mol. The standard InChI is InChI=1S/C47H49N5O8/c1-3-44(53)57-25-11-7-5-9-23-55-40-29-49-46(50-30-40)38-18-13-35(14-19-38)33-59-42-22-17-37(28-48)27-43(42)60-34-36-15-20-39(21-16-36)47-51-31-41(32-52-47)56-24-10-6-8-12-26-58-45(54)4-2/h3-4,13-22,27,29-32H,1-2,5-12,23-26,33-34H2. The average Bonchev–Trinajstić information content (AvgIpc) is 3.30. The van der Waals surface area contributed by atoms with Crippen LogP contribution in [0.15, 0.2) is 117 Å². The lowest BCUT2D eigenvalue weighted by Crippen LogP contribution is -2.02. The number of ether oxygens (including phenoxy) is 6. The molecule has 0 spiro atoms. The van der Waals surface area contributed by atoms with Crippen LogP contribution in [0, 0.1) is 11.3 Å². The van der Waals surface area contributed by atoms with Crippen molar-refractivity contribution in [2.24, 2.45) is 0 Å². The summed E-state index contributed by atoms with van der Waals surface area (Å²) in [6.07, 6.45) is 16.2. The highest BCUT2D eigenvalue weighted by Crippen LogP contribution is 2.30. The first-order valence-electron chi connectivity index (χ1n) is 19.9. The molecule has 0 amide bonds. The first-order chi connectivity index (χ1) is 29.4. The zero-order chi connectivity index (χ0) is 42.2. The molecule has 13 heteroatoms. The van der Waals surface area contributed by atoms with E-state index in [1.54, 1.807) is 43.0 Å². The van der Waals surface area contributed by atoms with Crippen molar-refractivity contribution in [2.45, 2.75) is 64.6 Å². The van der Waals surface area contributed by atoms with E-state index >= 15 is 0 Å². The van der Waals surface area contributed by atoms with Crippen molar-refractivity contribution >= 4 is 11.9 Å². The second kappa shape index (κ2) is 24.6. The van der Waals surface area contributed by atoms with Gasteiger partial charge in [-0.15, -0.1) is 0 Å². The molecule has 0 aliphatic carbocycles. The molecule has 0 aliphatic heterocycles. The van der Waals surface area contributed by atoms with Gasteiger partial charge in [0.2, 0.25) is 0 Å². The molecule has 310 valence electrons. The second-order valence-electron chi connectivity index (χ2n) is 13.5. The Morgan fingerprint density at radius 1 is 0.533 bits per heavy atom. The summed E-state index contributed by atoms with van der Waals surface area (Å²) in [4.78, 5) is 40.0. The van der Waals surface area contributed by atoms with Gasteiger partial charge in [-0.2, -0.15) is 5.26 Å². The third kappa shape index (κ3) is 15.0. The molecular formula is C47H49N5O8. The molecule has 0 unspecified atom stereocenters. The second-order valence-corrected chi connectivity index (χ2v) is 13.5. The normalized spacial score (nSPS) is 10.5. The van der Waals surface area contributed by atoms with E-state index in [2.05, 4.69) is 39.2 Å². The number of carbonyl (C=O) groups is 2. The van der Waals surface area contributed by atoms with Crippen molar-refractivity contribution in [2.75, 3.05) is 26.4 Å². The van der Waals surface area contributed by atoms with E-state index < -0.39 is 11.9 Å². The monoisotopic (exact) mass is 811 g/mol. The molecule has 5 rings (SSSR count). The number of nitrogens with zero attached hydrogens (tertiary/aromatic N) is 5. The highest BCUT2D eigenvalue weighted by Gasteiger charge is 2.11. The molecule has 2 heterocycles. The third-order valence-corrected chi connectivity index (χ3v) is 8.98. The number of carbonyl (C=O) groups excluding carboxylic acids is 2. The van der Waals surface area contributed by atoms with Crippen LogP contribution in [0.3, 0.4) is 0 Å². The molecule has 0 saturated carbocycles. The van der Waals surface area contributed by atoms with Crippen LogP contribution in [-0.4, -0.2) is 58.3 Å². The van der Waals surface area contributed by atoms with Crippen molar-refractivity contribution in [1.82, 2.24) is 19.9 Å². The van der Waals surface area contributed by atoms with Gasteiger partial charge in [-0.25, -0.2) is 29.5 Å². The first kappa shape index (κ1) is 44.0. The lowest BCUT2D eigenvalue weighted by atomic mass is 10.1. The van der Waals surface area contributed by atoms with Crippen molar-refractivity contribution < 1.29 is 38.0 Å². The predicted octanol–water partition coefficient (Wildman–Crippen LogP) is 8.97. The van der Waals surface area contributed by atoms with Gasteiger partial charge in [0.1, 0.15) is 13.2 Å². The van der Waals surface area contributed by atoms with Gasteiger partial charge in [0.05, 0.1) is 62.8 Å². The molecule has 2 aromatic heterocycles. The summed E-state index contributed by atoms with van der Waals surface area (Å²) in [5.41, 5.74) is 4.02. The van der Waals surface area contributed by atoms with Gasteiger partial charge in [0, 0.05) is 29.3 Å². The van der Waals surface area contributed by atoms with Gasteiger partial charge in [-0.05, 0) is 74.6 Å². The number of aromatic nitrogens is 4. The minimum absolute atomic E-state index is 0.258. The maximum absolute atomic E-state index is 11.1. The van der Waals surface area contributed by atoms with Crippen LogP contribution in [0.4, 0.5) is 0 Å². The van der Waals surface area contributed by atoms with Crippen LogP contribution >= 0.6 is 0 Å². The van der Waals surface area contributed by atoms with Crippen LogP contribution in [0.2, 0.25) is 0 Å². The summed E-state index contributed by atoms with van der Waals surface area (Å²) < 4.78 is 33.8. The summed E-state index contributed by atoms with van der Waals surface area (Å²) in [5, 5.41) is 9.54. The fourth-order valence-corrected chi connectivity index (χ4v) is 5.67. The maximum atomic E-state index is 11.1. The fourth-order valence-electron chi connectivity index (χ4n) is 5.67. The van der Waals surface area contributed by atoms with Gasteiger partial charge < -0.3 is 28.4 Å². The zero-order valence-electron chi connectivity index (χ0n) is 33.6. The average molecular weight is 812 g/mol. The Kier molecular flexibility index (Phi) is 18.1. The fraction of sp³-hybridized carbons (Fsp3) is 0.298. The molecule has 0 bridgehead atoms. The van der Waals surface area contributed by atoms with Gasteiger partial charge >= 0.3 is 11.9 Å². The Hall–Kier alpha value is -7.07. The summed E-state index contributed by atoms with van der Waals surface area (Å²) in [6.45, 7) is 9.21. The molecule has 0 fully saturated rings. The number of hydrogen-bond donors (Lipinski definition) is 0. The number of rotatable bonds is 26. The van der Waals surface area contributed by atoms with Crippen LogP contribution in [0.25, 0.3) is 22.8 Å². The number of esters is 2. The van der Waals surface area contributed by atoms with Gasteiger partial charge in [-0.1, -0.05) is 61.7 Å².